The molecular formula is C5H9NS. The van der Waals surface area contributed by atoms with Gasteiger partial charge in [-0.1, -0.05) is 6.58 Å². The third-order valence-electron chi connectivity index (χ3n) is 0.915. The van der Waals surface area contributed by atoms with Crippen LogP contribution < -0.4 is 5.32 Å². The minimum absolute atomic E-state index is 0.590. The fourth-order valence-electron chi connectivity index (χ4n) is 0.596. The normalized spacial score (nSPS) is 30.4. The van der Waals surface area contributed by atoms with Crippen molar-refractivity contribution in [2.45, 2.75) is 12.3 Å². The smallest absolute Gasteiger partial charge is 0.0695 e. The topological polar surface area (TPSA) is 12.0 Å². The van der Waals surface area contributed by atoms with Gasteiger partial charge in [-0.25, -0.2) is 0 Å². The third-order valence-corrected chi connectivity index (χ3v) is 2.05. The second kappa shape index (κ2) is 1.78. The first-order valence-electron chi connectivity index (χ1n) is 2.35. The highest BCUT2D eigenvalue weighted by molar-refractivity contribution is 8.00. The largest absolute Gasteiger partial charge is 0.377 e. The quantitative estimate of drug-likeness (QED) is 0.509. The first-order chi connectivity index (χ1) is 3.29. The van der Waals surface area contributed by atoms with Crippen molar-refractivity contribution in [3.8, 4) is 0 Å². The summed E-state index contributed by atoms with van der Waals surface area (Å²) in [5.41, 5.74) is 1.16. The second-order valence-electron chi connectivity index (χ2n) is 1.70. The van der Waals surface area contributed by atoms with Crippen LogP contribution in [0.1, 0.15) is 6.92 Å². The van der Waals surface area contributed by atoms with Gasteiger partial charge in [0.05, 0.1) is 5.37 Å². The van der Waals surface area contributed by atoms with Crippen LogP contribution in [0.3, 0.4) is 0 Å². The van der Waals surface area contributed by atoms with Gasteiger partial charge in [0.25, 0.3) is 0 Å². The SMILES string of the molecule is C=C1CSC(C)N1. The summed E-state index contributed by atoms with van der Waals surface area (Å²) in [4.78, 5) is 0. The Morgan fingerprint density at radius 2 is 2.71 bits per heavy atom. The molecule has 1 saturated heterocycles. The molecule has 1 N–H and O–H groups in total. The maximum absolute atomic E-state index is 3.77. The third kappa shape index (κ3) is 1.13. The lowest BCUT2D eigenvalue weighted by atomic mass is 10.5. The highest BCUT2D eigenvalue weighted by Gasteiger charge is 2.10. The standard InChI is InChI=1S/C5H9NS/c1-4-3-7-5(2)6-4/h5-6H,1,3H2,2H3. The van der Waals surface area contributed by atoms with E-state index in [0.717, 1.165) is 11.4 Å². The van der Waals surface area contributed by atoms with Crippen molar-refractivity contribution in [1.82, 2.24) is 5.32 Å². The highest BCUT2D eigenvalue weighted by Crippen LogP contribution is 2.18. The van der Waals surface area contributed by atoms with Crippen LogP contribution in [0.4, 0.5) is 0 Å². The Kier molecular flexibility index (Phi) is 1.28. The van der Waals surface area contributed by atoms with Crippen LogP contribution >= 0.6 is 11.8 Å². The summed E-state index contributed by atoms with van der Waals surface area (Å²) >= 11 is 1.89. The van der Waals surface area contributed by atoms with E-state index >= 15 is 0 Å². The second-order valence-corrected chi connectivity index (χ2v) is 3.03. The molecule has 0 bridgehead atoms. The van der Waals surface area contributed by atoms with Gasteiger partial charge >= 0.3 is 0 Å². The van der Waals surface area contributed by atoms with Gasteiger partial charge in [0.2, 0.25) is 0 Å². The van der Waals surface area contributed by atoms with E-state index in [4.69, 9.17) is 0 Å². The van der Waals surface area contributed by atoms with Crippen molar-refractivity contribution in [2.24, 2.45) is 0 Å². The molecule has 1 rings (SSSR count). The van der Waals surface area contributed by atoms with E-state index in [9.17, 15) is 0 Å². The van der Waals surface area contributed by atoms with Crippen molar-refractivity contribution in [3.05, 3.63) is 12.3 Å². The Hall–Kier alpha value is -0.110. The first-order valence-corrected chi connectivity index (χ1v) is 3.40. The fraction of sp³-hybridized carbons (Fsp3) is 0.600. The lowest BCUT2D eigenvalue weighted by Gasteiger charge is -1.97. The van der Waals surface area contributed by atoms with E-state index < -0.39 is 0 Å². The summed E-state index contributed by atoms with van der Waals surface area (Å²) in [5, 5.41) is 3.78. The monoisotopic (exact) mass is 115 g/mol. The zero-order valence-electron chi connectivity index (χ0n) is 4.40. The molecule has 1 atom stereocenters. The zero-order valence-corrected chi connectivity index (χ0v) is 5.22. The molecule has 0 radical (unpaired) electrons. The molecule has 0 aromatic heterocycles. The highest BCUT2D eigenvalue weighted by atomic mass is 32.2. The number of rotatable bonds is 0. The molecule has 40 valence electrons. The minimum atomic E-state index is 0.590. The Bertz CT molecular complexity index is 90.1. The summed E-state index contributed by atoms with van der Waals surface area (Å²) in [6, 6.07) is 0. The minimum Gasteiger partial charge on any atom is -0.377 e. The van der Waals surface area contributed by atoms with Crippen LogP contribution in [-0.2, 0) is 0 Å². The molecule has 0 aliphatic carbocycles. The molecule has 1 nitrogen and oxygen atoms in total. The maximum Gasteiger partial charge on any atom is 0.0695 e. The molecule has 0 spiro atoms. The van der Waals surface area contributed by atoms with Gasteiger partial charge in [0, 0.05) is 11.4 Å². The summed E-state index contributed by atoms with van der Waals surface area (Å²) in [6.45, 7) is 5.91. The predicted molar refractivity (Wildman–Crippen MR) is 34.2 cm³/mol. The number of hydrogen-bond donors (Lipinski definition) is 1. The van der Waals surface area contributed by atoms with Gasteiger partial charge in [-0.15, -0.1) is 11.8 Å². The predicted octanol–water partition coefficient (Wildman–Crippen LogP) is 1.18. The molecule has 7 heavy (non-hydrogen) atoms. The Labute approximate surface area is 48.2 Å². The van der Waals surface area contributed by atoms with Crippen LogP contribution in [0.2, 0.25) is 0 Å². The van der Waals surface area contributed by atoms with Gasteiger partial charge < -0.3 is 5.32 Å². The van der Waals surface area contributed by atoms with Gasteiger partial charge in [-0.05, 0) is 6.92 Å². The van der Waals surface area contributed by atoms with E-state index in [-0.39, 0.29) is 0 Å². The number of hydrogen-bond acceptors (Lipinski definition) is 2. The average molecular weight is 115 g/mol. The molecule has 1 fully saturated rings. The molecule has 0 aromatic carbocycles. The molecular weight excluding hydrogens is 106 g/mol. The van der Waals surface area contributed by atoms with Gasteiger partial charge in [-0.2, -0.15) is 0 Å². The first kappa shape index (κ1) is 5.04. The Balaban J connectivity index is 2.40. The van der Waals surface area contributed by atoms with Crippen molar-refractivity contribution >= 4 is 11.8 Å². The van der Waals surface area contributed by atoms with Crippen molar-refractivity contribution in [3.63, 3.8) is 0 Å². The van der Waals surface area contributed by atoms with E-state index in [0.29, 0.717) is 5.37 Å². The molecule has 0 amide bonds. The lowest BCUT2D eigenvalue weighted by Crippen LogP contribution is -2.12. The number of nitrogens with one attached hydrogen (secondary N) is 1. The summed E-state index contributed by atoms with van der Waals surface area (Å²) < 4.78 is 0. The molecule has 0 saturated carbocycles. The average Bonchev–Trinajstić information content (AvgIpc) is 1.87. The van der Waals surface area contributed by atoms with Crippen molar-refractivity contribution < 1.29 is 0 Å². The van der Waals surface area contributed by atoms with E-state index in [1.165, 1.54) is 0 Å². The van der Waals surface area contributed by atoms with Gasteiger partial charge in [0.15, 0.2) is 0 Å². The van der Waals surface area contributed by atoms with Crippen molar-refractivity contribution in [2.75, 3.05) is 5.75 Å². The molecule has 2 heteroatoms. The zero-order chi connectivity index (χ0) is 5.28. The van der Waals surface area contributed by atoms with Gasteiger partial charge in [0.1, 0.15) is 0 Å². The summed E-state index contributed by atoms with van der Waals surface area (Å²) in [7, 11) is 0. The number of thioether (sulfide) groups is 1. The summed E-state index contributed by atoms with van der Waals surface area (Å²) in [6.07, 6.45) is 0. The molecule has 1 unspecified atom stereocenters. The Morgan fingerprint density at radius 3 is 2.86 bits per heavy atom. The van der Waals surface area contributed by atoms with Crippen LogP contribution in [0.15, 0.2) is 12.3 Å². The fourth-order valence-corrected chi connectivity index (χ4v) is 1.38. The summed E-state index contributed by atoms with van der Waals surface area (Å²) in [5.74, 6) is 1.08. The molecule has 1 aliphatic rings. The molecule has 1 heterocycles. The van der Waals surface area contributed by atoms with Crippen LogP contribution in [0, 0.1) is 0 Å². The molecule has 0 aromatic rings. The van der Waals surface area contributed by atoms with Gasteiger partial charge in [-0.3, -0.25) is 0 Å². The van der Waals surface area contributed by atoms with Crippen LogP contribution in [-0.4, -0.2) is 11.1 Å². The molecule has 1 aliphatic heterocycles. The Morgan fingerprint density at radius 1 is 2.00 bits per heavy atom. The van der Waals surface area contributed by atoms with Crippen molar-refractivity contribution in [1.29, 1.82) is 0 Å². The van der Waals surface area contributed by atoms with E-state index in [1.54, 1.807) is 0 Å². The van der Waals surface area contributed by atoms with Crippen LogP contribution in [0.5, 0.6) is 0 Å². The van der Waals surface area contributed by atoms with E-state index in [1.807, 2.05) is 11.8 Å². The lowest BCUT2D eigenvalue weighted by molar-refractivity contribution is 0.841. The maximum atomic E-state index is 3.77. The van der Waals surface area contributed by atoms with Crippen LogP contribution in [0.25, 0.3) is 0 Å². The van der Waals surface area contributed by atoms with E-state index in [2.05, 4.69) is 18.8 Å².